The van der Waals surface area contributed by atoms with Crippen LogP contribution in [0.2, 0.25) is 0 Å². The fourth-order valence-corrected chi connectivity index (χ4v) is 7.62. The van der Waals surface area contributed by atoms with Crippen molar-refractivity contribution in [2.45, 2.75) is 63.1 Å². The summed E-state index contributed by atoms with van der Waals surface area (Å²) in [5.41, 5.74) is 0.00152. The van der Waals surface area contributed by atoms with Gasteiger partial charge < -0.3 is 0 Å². The first-order valence-electron chi connectivity index (χ1n) is 10.1. The quantitative estimate of drug-likeness (QED) is 0.731. The van der Waals surface area contributed by atoms with Gasteiger partial charge in [-0.05, 0) is 69.0 Å². The van der Waals surface area contributed by atoms with Gasteiger partial charge in [0, 0.05) is 30.4 Å². The number of piperidine rings is 1. The third kappa shape index (κ3) is 4.22. The molecule has 3 fully saturated rings. The van der Waals surface area contributed by atoms with Crippen LogP contribution in [0.15, 0.2) is 18.3 Å². The number of sulfone groups is 1. The summed E-state index contributed by atoms with van der Waals surface area (Å²) in [5, 5.41) is 0. The number of halogens is 3. The normalized spacial score (nSPS) is 34.0. The molecule has 0 radical (unpaired) electrons. The molecule has 3 heterocycles. The molecule has 0 N–H and O–H groups in total. The second kappa shape index (κ2) is 7.27. The number of rotatable bonds is 2. The van der Waals surface area contributed by atoms with Crippen LogP contribution in [0.5, 0.6) is 0 Å². The lowest BCUT2D eigenvalue weighted by Crippen LogP contribution is -2.49. The molecule has 0 amide bonds. The van der Waals surface area contributed by atoms with Crippen LogP contribution < -0.4 is 0 Å². The molecule has 2 aliphatic heterocycles. The summed E-state index contributed by atoms with van der Waals surface area (Å²) in [7, 11) is -2.88. The fraction of sp³-hybridized carbons (Fsp3) is 0.750. The van der Waals surface area contributed by atoms with Gasteiger partial charge in [0.25, 0.3) is 0 Å². The molecule has 1 atom stereocenters. The minimum atomic E-state index is -4.35. The number of alkyl halides is 3. The Morgan fingerprint density at radius 3 is 2.43 bits per heavy atom. The van der Waals surface area contributed by atoms with E-state index in [1.807, 2.05) is 0 Å². The molecular weight excluding hydrogens is 389 g/mol. The van der Waals surface area contributed by atoms with Crippen molar-refractivity contribution in [1.82, 2.24) is 9.88 Å². The van der Waals surface area contributed by atoms with Crippen molar-refractivity contribution in [2.24, 2.45) is 5.41 Å². The predicted octanol–water partition coefficient (Wildman–Crippen LogP) is 4.03. The van der Waals surface area contributed by atoms with E-state index in [1.165, 1.54) is 6.07 Å². The highest BCUT2D eigenvalue weighted by molar-refractivity contribution is 7.91. The van der Waals surface area contributed by atoms with Crippen molar-refractivity contribution in [3.8, 4) is 0 Å². The van der Waals surface area contributed by atoms with Crippen molar-refractivity contribution in [1.29, 1.82) is 0 Å². The molecule has 0 bridgehead atoms. The molecule has 1 aliphatic carbocycles. The second-order valence-corrected chi connectivity index (χ2v) is 11.1. The molecule has 1 aromatic rings. The van der Waals surface area contributed by atoms with Gasteiger partial charge in [-0.1, -0.05) is 0 Å². The van der Waals surface area contributed by atoms with Gasteiger partial charge in [0.15, 0.2) is 9.84 Å². The Hall–Kier alpha value is -1.15. The first-order chi connectivity index (χ1) is 13.2. The highest BCUT2D eigenvalue weighted by Crippen LogP contribution is 2.43. The zero-order valence-electron chi connectivity index (χ0n) is 15.9. The Balaban J connectivity index is 1.35. The van der Waals surface area contributed by atoms with Crippen molar-refractivity contribution >= 4 is 9.84 Å². The van der Waals surface area contributed by atoms with Gasteiger partial charge >= 0.3 is 6.18 Å². The van der Waals surface area contributed by atoms with E-state index in [0.717, 1.165) is 76.0 Å². The van der Waals surface area contributed by atoms with Gasteiger partial charge in [0.05, 0.1) is 17.1 Å². The Morgan fingerprint density at radius 2 is 1.86 bits per heavy atom. The Bertz CT molecular complexity index is 802. The average Bonchev–Trinajstić information content (AvgIpc) is 2.95. The smallest absolute Gasteiger partial charge is 0.300 e. The van der Waals surface area contributed by atoms with Gasteiger partial charge in [0.2, 0.25) is 0 Å². The van der Waals surface area contributed by atoms with Crippen LogP contribution in [0.4, 0.5) is 13.2 Å². The summed E-state index contributed by atoms with van der Waals surface area (Å²) in [4.78, 5) is 6.57. The van der Waals surface area contributed by atoms with Gasteiger partial charge in [-0.25, -0.2) is 8.42 Å². The largest absolute Gasteiger partial charge is 0.417 e. The zero-order chi connectivity index (χ0) is 20.0. The highest BCUT2D eigenvalue weighted by atomic mass is 32.2. The van der Waals surface area contributed by atoms with Crippen molar-refractivity contribution in [3.05, 3.63) is 29.6 Å². The van der Waals surface area contributed by atoms with Gasteiger partial charge in [-0.3, -0.25) is 9.88 Å². The minimum absolute atomic E-state index is 0.0527. The molecule has 1 saturated carbocycles. The summed E-state index contributed by atoms with van der Waals surface area (Å²) in [5.74, 6) is 0.873. The average molecular weight is 417 g/mol. The van der Waals surface area contributed by atoms with Crippen LogP contribution in [0, 0.1) is 5.41 Å². The number of pyridine rings is 1. The maximum absolute atomic E-state index is 12.7. The molecular formula is C20H27F3N2O2S. The molecule has 2 saturated heterocycles. The van der Waals surface area contributed by atoms with Gasteiger partial charge in [-0.15, -0.1) is 0 Å². The molecule has 3 aliphatic rings. The highest BCUT2D eigenvalue weighted by Gasteiger charge is 2.46. The van der Waals surface area contributed by atoms with E-state index in [9.17, 15) is 21.6 Å². The van der Waals surface area contributed by atoms with Crippen molar-refractivity contribution in [2.75, 3.05) is 24.6 Å². The van der Waals surface area contributed by atoms with Crippen LogP contribution in [0.3, 0.4) is 0 Å². The summed E-state index contributed by atoms with van der Waals surface area (Å²) < 4.78 is 62.1. The molecule has 0 unspecified atom stereocenters. The van der Waals surface area contributed by atoms with Gasteiger partial charge in [0.1, 0.15) is 0 Å². The number of hydrogen-bond acceptors (Lipinski definition) is 4. The van der Waals surface area contributed by atoms with Gasteiger partial charge in [-0.2, -0.15) is 13.2 Å². The second-order valence-electron chi connectivity index (χ2n) is 8.89. The lowest BCUT2D eigenvalue weighted by Gasteiger charge is -2.45. The zero-order valence-corrected chi connectivity index (χ0v) is 16.7. The summed E-state index contributed by atoms with van der Waals surface area (Å²) in [6, 6.07) is 3.10. The van der Waals surface area contributed by atoms with E-state index in [-0.39, 0.29) is 11.3 Å². The molecule has 28 heavy (non-hydrogen) atoms. The lowest BCUT2D eigenvalue weighted by molar-refractivity contribution is -0.137. The van der Waals surface area contributed by atoms with E-state index < -0.39 is 21.6 Å². The van der Waals surface area contributed by atoms with Crippen molar-refractivity contribution in [3.63, 3.8) is 0 Å². The molecule has 4 nitrogen and oxygen atoms in total. The summed E-state index contributed by atoms with van der Waals surface area (Å²) in [6.45, 7) is 1.90. The number of likely N-dealkylation sites (tertiary alicyclic amines) is 1. The SMILES string of the molecule is O=S1(=O)CC[C@@]2(CCCN(C3CCC(c4ccc(C(F)(F)F)cn4)CC3)C2)C1. The molecule has 8 heteroatoms. The van der Waals surface area contributed by atoms with E-state index >= 15 is 0 Å². The molecule has 0 aromatic carbocycles. The minimum Gasteiger partial charge on any atom is -0.300 e. The van der Waals surface area contributed by atoms with E-state index in [1.54, 1.807) is 0 Å². The first kappa shape index (κ1) is 20.1. The third-order valence-corrected chi connectivity index (χ3v) is 8.78. The van der Waals surface area contributed by atoms with E-state index in [0.29, 0.717) is 17.5 Å². The number of aromatic nitrogens is 1. The monoisotopic (exact) mass is 416 g/mol. The molecule has 1 spiro atoms. The molecule has 156 valence electrons. The number of hydrogen-bond donors (Lipinski definition) is 0. The Morgan fingerprint density at radius 1 is 1.11 bits per heavy atom. The number of nitrogens with zero attached hydrogens (tertiary/aromatic N) is 2. The maximum atomic E-state index is 12.7. The van der Waals surface area contributed by atoms with Crippen LogP contribution in [-0.4, -0.2) is 48.9 Å². The van der Waals surface area contributed by atoms with Crippen LogP contribution in [0.25, 0.3) is 0 Å². The first-order valence-corrected chi connectivity index (χ1v) is 12.0. The molecule has 1 aromatic heterocycles. The summed E-state index contributed by atoms with van der Waals surface area (Å²) >= 11 is 0. The van der Waals surface area contributed by atoms with Crippen LogP contribution in [0.1, 0.15) is 62.1 Å². The predicted molar refractivity (Wildman–Crippen MR) is 101 cm³/mol. The lowest BCUT2D eigenvalue weighted by atomic mass is 9.77. The van der Waals surface area contributed by atoms with Crippen molar-refractivity contribution < 1.29 is 21.6 Å². The topological polar surface area (TPSA) is 50.3 Å². The fourth-order valence-electron chi connectivity index (χ4n) is 5.41. The van der Waals surface area contributed by atoms with Crippen LogP contribution in [-0.2, 0) is 16.0 Å². The van der Waals surface area contributed by atoms with E-state index in [4.69, 9.17) is 0 Å². The standard InChI is InChI=1S/C20H27F3N2O2S/c21-20(22,23)16-4-7-18(24-12-16)15-2-5-17(6-3-15)25-10-1-8-19(13-25)9-11-28(26,27)14-19/h4,7,12,15,17H,1-3,5-6,8-11,13-14H2/t15?,17?,19-/m1/s1. The molecule has 4 rings (SSSR count). The van der Waals surface area contributed by atoms with E-state index in [2.05, 4.69) is 9.88 Å². The Kier molecular flexibility index (Phi) is 5.23. The Labute approximate surface area is 164 Å². The summed E-state index contributed by atoms with van der Waals surface area (Å²) in [6.07, 6.45) is 3.28. The van der Waals surface area contributed by atoms with Crippen LogP contribution >= 0.6 is 0 Å². The third-order valence-electron chi connectivity index (χ3n) is 6.91. The maximum Gasteiger partial charge on any atom is 0.417 e.